The van der Waals surface area contributed by atoms with Gasteiger partial charge in [-0.25, -0.2) is 4.79 Å². The van der Waals surface area contributed by atoms with Crippen molar-refractivity contribution in [2.45, 2.75) is 13.8 Å². The highest BCUT2D eigenvalue weighted by molar-refractivity contribution is 8.76. The predicted molar refractivity (Wildman–Crippen MR) is 76.5 cm³/mol. The van der Waals surface area contributed by atoms with Crippen molar-refractivity contribution in [1.82, 2.24) is 0 Å². The minimum Gasteiger partial charge on any atom is -0.461 e. The second-order valence-corrected chi connectivity index (χ2v) is 6.63. The van der Waals surface area contributed by atoms with E-state index in [4.69, 9.17) is 4.74 Å². The van der Waals surface area contributed by atoms with Crippen LogP contribution >= 0.6 is 21.6 Å². The van der Waals surface area contributed by atoms with Crippen molar-refractivity contribution in [3.63, 3.8) is 0 Å². The van der Waals surface area contributed by atoms with Crippen molar-refractivity contribution in [2.24, 2.45) is 5.92 Å². The Morgan fingerprint density at radius 2 is 1.94 bits per heavy atom. The molecule has 0 spiro atoms. The third-order valence-corrected chi connectivity index (χ3v) is 4.61. The molecule has 0 aliphatic heterocycles. The van der Waals surface area contributed by atoms with Gasteiger partial charge in [0.05, 0.1) is 5.56 Å². The lowest BCUT2D eigenvalue weighted by atomic mass is 10.2. The van der Waals surface area contributed by atoms with E-state index in [1.54, 1.807) is 22.9 Å². The molecule has 1 rings (SSSR count). The molecule has 0 saturated carbocycles. The first kappa shape index (κ1) is 14.5. The van der Waals surface area contributed by atoms with Crippen LogP contribution in [0, 0.1) is 5.92 Å². The normalized spacial score (nSPS) is 10.5. The average molecular weight is 270 g/mol. The zero-order valence-corrected chi connectivity index (χ0v) is 11.9. The van der Waals surface area contributed by atoms with Crippen LogP contribution in [0.25, 0.3) is 0 Å². The van der Waals surface area contributed by atoms with Crippen LogP contribution in [-0.2, 0) is 4.74 Å². The van der Waals surface area contributed by atoms with Gasteiger partial charge in [0, 0.05) is 11.5 Å². The SMILES string of the molecule is CC(C)CSSCCOC(=O)c1ccccc1. The maximum atomic E-state index is 11.5. The van der Waals surface area contributed by atoms with Crippen LogP contribution in [0.5, 0.6) is 0 Å². The molecule has 1 aromatic rings. The lowest BCUT2D eigenvalue weighted by Crippen LogP contribution is -2.07. The summed E-state index contributed by atoms with van der Waals surface area (Å²) in [4.78, 5) is 11.5. The minimum absolute atomic E-state index is 0.236. The fraction of sp³-hybridized carbons (Fsp3) is 0.462. The molecule has 0 aromatic heterocycles. The van der Waals surface area contributed by atoms with E-state index in [0.717, 1.165) is 11.5 Å². The molecular weight excluding hydrogens is 252 g/mol. The van der Waals surface area contributed by atoms with Gasteiger partial charge < -0.3 is 4.74 Å². The van der Waals surface area contributed by atoms with E-state index in [1.807, 2.05) is 29.0 Å². The number of hydrogen-bond donors (Lipinski definition) is 0. The Hall–Kier alpha value is -0.610. The zero-order chi connectivity index (χ0) is 12.5. The monoisotopic (exact) mass is 270 g/mol. The van der Waals surface area contributed by atoms with Gasteiger partial charge in [-0.05, 0) is 18.1 Å². The van der Waals surface area contributed by atoms with Gasteiger partial charge in [-0.1, -0.05) is 53.6 Å². The summed E-state index contributed by atoms with van der Waals surface area (Å²) in [5.74, 6) is 2.45. The van der Waals surface area contributed by atoms with Gasteiger partial charge in [0.2, 0.25) is 0 Å². The molecule has 1 aromatic carbocycles. The quantitative estimate of drug-likeness (QED) is 0.427. The van der Waals surface area contributed by atoms with Crippen LogP contribution in [0.2, 0.25) is 0 Å². The fourth-order valence-corrected chi connectivity index (χ4v) is 3.37. The first-order valence-electron chi connectivity index (χ1n) is 5.66. The number of carbonyl (C=O) groups is 1. The Morgan fingerprint density at radius 1 is 1.24 bits per heavy atom. The van der Waals surface area contributed by atoms with Crippen molar-refractivity contribution in [3.8, 4) is 0 Å². The van der Waals surface area contributed by atoms with E-state index in [1.165, 1.54) is 0 Å². The number of hydrogen-bond acceptors (Lipinski definition) is 4. The van der Waals surface area contributed by atoms with E-state index in [0.29, 0.717) is 18.1 Å². The largest absolute Gasteiger partial charge is 0.461 e. The summed E-state index contributed by atoms with van der Waals surface area (Å²) in [6.45, 7) is 4.87. The van der Waals surface area contributed by atoms with Gasteiger partial charge in [-0.15, -0.1) is 0 Å². The molecule has 2 nitrogen and oxygen atoms in total. The lowest BCUT2D eigenvalue weighted by Gasteiger charge is -2.05. The molecule has 0 bridgehead atoms. The smallest absolute Gasteiger partial charge is 0.338 e. The van der Waals surface area contributed by atoms with Crippen molar-refractivity contribution in [3.05, 3.63) is 35.9 Å². The molecule has 0 fully saturated rings. The van der Waals surface area contributed by atoms with E-state index >= 15 is 0 Å². The highest BCUT2D eigenvalue weighted by Crippen LogP contribution is 2.23. The Balaban J connectivity index is 2.09. The predicted octanol–water partition coefficient (Wildman–Crippen LogP) is 3.88. The molecule has 0 atom stereocenters. The first-order valence-corrected chi connectivity index (χ1v) is 8.15. The third kappa shape index (κ3) is 6.64. The summed E-state index contributed by atoms with van der Waals surface area (Å²) in [5, 5.41) is 0. The van der Waals surface area contributed by atoms with E-state index in [2.05, 4.69) is 13.8 Å². The zero-order valence-electron chi connectivity index (χ0n) is 10.2. The van der Waals surface area contributed by atoms with Crippen LogP contribution in [0.1, 0.15) is 24.2 Å². The second kappa shape index (κ2) is 8.48. The summed E-state index contributed by atoms with van der Waals surface area (Å²) >= 11 is 0. The average Bonchev–Trinajstić information content (AvgIpc) is 2.34. The Morgan fingerprint density at radius 3 is 2.59 bits per heavy atom. The van der Waals surface area contributed by atoms with E-state index in [9.17, 15) is 4.79 Å². The third-order valence-electron chi connectivity index (χ3n) is 1.89. The number of esters is 1. The van der Waals surface area contributed by atoms with Crippen LogP contribution < -0.4 is 0 Å². The van der Waals surface area contributed by atoms with E-state index < -0.39 is 0 Å². The molecule has 0 radical (unpaired) electrons. The first-order chi connectivity index (χ1) is 8.20. The Bertz CT molecular complexity index is 325. The second-order valence-electron chi connectivity index (χ2n) is 4.00. The summed E-state index contributed by atoms with van der Waals surface area (Å²) in [5.41, 5.74) is 0.618. The van der Waals surface area contributed by atoms with Crippen molar-refractivity contribution < 1.29 is 9.53 Å². The molecule has 0 N–H and O–H groups in total. The van der Waals surface area contributed by atoms with Gasteiger partial charge in [-0.2, -0.15) is 0 Å². The molecule has 0 unspecified atom stereocenters. The molecule has 0 aliphatic rings. The van der Waals surface area contributed by atoms with Crippen LogP contribution in [0.3, 0.4) is 0 Å². The van der Waals surface area contributed by atoms with Crippen molar-refractivity contribution in [2.75, 3.05) is 18.1 Å². The van der Waals surface area contributed by atoms with Gasteiger partial charge >= 0.3 is 5.97 Å². The number of rotatable bonds is 7. The molecule has 0 aliphatic carbocycles. The van der Waals surface area contributed by atoms with Gasteiger partial charge in [-0.3, -0.25) is 0 Å². The molecular formula is C13H18O2S2. The molecule has 0 heterocycles. The summed E-state index contributed by atoms with van der Waals surface area (Å²) in [6, 6.07) is 9.09. The highest BCUT2D eigenvalue weighted by Gasteiger charge is 2.05. The van der Waals surface area contributed by atoms with Gasteiger partial charge in [0.15, 0.2) is 0 Å². The summed E-state index contributed by atoms with van der Waals surface area (Å²) in [6.07, 6.45) is 0. The number of carbonyl (C=O) groups excluding carboxylic acids is 1. The Labute approximate surface area is 111 Å². The van der Waals surface area contributed by atoms with Gasteiger partial charge in [0.1, 0.15) is 6.61 Å². The van der Waals surface area contributed by atoms with Crippen LogP contribution in [0.4, 0.5) is 0 Å². The molecule has 17 heavy (non-hydrogen) atoms. The topological polar surface area (TPSA) is 26.3 Å². The highest BCUT2D eigenvalue weighted by atomic mass is 33.1. The molecule has 0 amide bonds. The molecule has 0 saturated heterocycles. The van der Waals surface area contributed by atoms with Crippen molar-refractivity contribution >= 4 is 27.6 Å². The maximum absolute atomic E-state index is 11.5. The minimum atomic E-state index is -0.236. The van der Waals surface area contributed by atoms with Crippen LogP contribution in [0.15, 0.2) is 30.3 Å². The summed E-state index contributed by atoms with van der Waals surface area (Å²) < 4.78 is 5.16. The van der Waals surface area contributed by atoms with E-state index in [-0.39, 0.29) is 5.97 Å². The van der Waals surface area contributed by atoms with Crippen LogP contribution in [-0.4, -0.2) is 24.1 Å². The van der Waals surface area contributed by atoms with Gasteiger partial charge in [0.25, 0.3) is 0 Å². The number of benzene rings is 1. The Kier molecular flexibility index (Phi) is 7.21. The molecule has 94 valence electrons. The van der Waals surface area contributed by atoms with Crippen molar-refractivity contribution in [1.29, 1.82) is 0 Å². The molecule has 4 heteroatoms. The fourth-order valence-electron chi connectivity index (χ4n) is 1.07. The lowest BCUT2D eigenvalue weighted by molar-refractivity contribution is 0.0530. The standard InChI is InChI=1S/C13H18O2S2/c1-11(2)10-17-16-9-8-15-13(14)12-6-4-3-5-7-12/h3-7,11H,8-10H2,1-2H3. The summed E-state index contributed by atoms with van der Waals surface area (Å²) in [7, 11) is 3.59. The maximum Gasteiger partial charge on any atom is 0.338 e. The number of ether oxygens (including phenoxy) is 1.